The maximum Gasteiger partial charge on any atom is 0.164 e. The second-order valence-electron chi connectivity index (χ2n) is 18.8. The molecule has 0 bridgehead atoms. The lowest BCUT2D eigenvalue weighted by molar-refractivity contribution is 0.661. The Morgan fingerprint density at radius 2 is 0.700 bits per heavy atom. The van der Waals surface area contributed by atoms with Gasteiger partial charge in [-0.2, -0.15) is 0 Å². The van der Waals surface area contributed by atoms with Crippen LogP contribution in [0.1, 0.15) is 25.0 Å². The molecule has 0 saturated heterocycles. The molecule has 4 heteroatoms. The van der Waals surface area contributed by atoms with Crippen LogP contribution in [0.15, 0.2) is 243 Å². The van der Waals surface area contributed by atoms with Gasteiger partial charge in [0.25, 0.3) is 0 Å². The van der Waals surface area contributed by atoms with E-state index < -0.39 is 0 Å². The number of fused-ring (bicyclic) bond motifs is 6. The fourth-order valence-corrected chi connectivity index (χ4v) is 10.7. The number of para-hydroxylation sites is 1. The smallest absolute Gasteiger partial charge is 0.164 e. The van der Waals surface area contributed by atoms with Crippen LogP contribution in [0, 0.1) is 0 Å². The minimum absolute atomic E-state index is 0.133. The summed E-state index contributed by atoms with van der Waals surface area (Å²) >= 11 is 0. The fourth-order valence-electron chi connectivity index (χ4n) is 10.7. The molecular formula is C66H46N4. The largest absolute Gasteiger partial charge is 0.308 e. The topological polar surface area (TPSA) is 43.6 Å². The summed E-state index contributed by atoms with van der Waals surface area (Å²) in [5, 5.41) is 2.46. The third-order valence-corrected chi connectivity index (χ3v) is 14.3. The summed E-state index contributed by atoms with van der Waals surface area (Å²) in [6.07, 6.45) is 0. The molecule has 4 nitrogen and oxygen atoms in total. The number of rotatable bonds is 8. The Bertz CT molecular complexity index is 3750. The maximum atomic E-state index is 5.37. The van der Waals surface area contributed by atoms with Crippen molar-refractivity contribution < 1.29 is 0 Å². The minimum Gasteiger partial charge on any atom is -0.308 e. The fraction of sp³-hybridized carbons (Fsp3) is 0.0455. The summed E-state index contributed by atoms with van der Waals surface area (Å²) in [5.41, 5.74) is 20.2. The summed E-state index contributed by atoms with van der Waals surface area (Å²) in [4.78, 5) is 16.0. The molecule has 2 heterocycles. The van der Waals surface area contributed by atoms with E-state index in [1.165, 1.54) is 33.0 Å². The normalized spacial score (nSPS) is 12.5. The van der Waals surface area contributed by atoms with Gasteiger partial charge in [-0.3, -0.25) is 0 Å². The van der Waals surface area contributed by atoms with Gasteiger partial charge < -0.3 is 4.57 Å². The first-order valence-electron chi connectivity index (χ1n) is 24.0. The molecule has 2 aromatic heterocycles. The molecule has 0 aliphatic heterocycles. The van der Waals surface area contributed by atoms with Gasteiger partial charge in [0.15, 0.2) is 17.5 Å². The van der Waals surface area contributed by atoms with Crippen molar-refractivity contribution in [3.8, 4) is 95.5 Å². The predicted molar refractivity (Wildman–Crippen MR) is 290 cm³/mol. The number of hydrogen-bond acceptors (Lipinski definition) is 3. The van der Waals surface area contributed by atoms with Crippen molar-refractivity contribution >= 4 is 21.8 Å². The number of aromatic nitrogens is 4. The van der Waals surface area contributed by atoms with Gasteiger partial charge in [-0.15, -0.1) is 0 Å². The van der Waals surface area contributed by atoms with Gasteiger partial charge in [0.05, 0.1) is 16.7 Å². The highest BCUT2D eigenvalue weighted by Gasteiger charge is 2.36. The maximum absolute atomic E-state index is 5.37. The second-order valence-corrected chi connectivity index (χ2v) is 18.8. The summed E-state index contributed by atoms with van der Waals surface area (Å²) < 4.78 is 2.51. The standard InChI is InChI=1S/C66H46N4/c1-66(2)58-29-17-15-27-52(58)56-42-61-57(41-59(56)66)53-28-16-18-30-60(53)70(61)62-54(47-23-11-5-12-24-47)39-51(40-55(62)48-25-13-6-14-26-48)65-68-63(49-35-31-45(32-36-49)43-19-7-3-8-20-43)67-64(69-65)50-37-33-46(34-38-50)44-21-9-4-10-22-44/h3-42H,1-2H3. The summed E-state index contributed by atoms with van der Waals surface area (Å²) in [7, 11) is 0. The van der Waals surface area contributed by atoms with Crippen LogP contribution >= 0.6 is 0 Å². The second kappa shape index (κ2) is 16.7. The predicted octanol–water partition coefficient (Wildman–Crippen LogP) is 16.9. The van der Waals surface area contributed by atoms with Crippen molar-refractivity contribution in [3.63, 3.8) is 0 Å². The Morgan fingerprint density at radius 3 is 1.23 bits per heavy atom. The van der Waals surface area contributed by atoms with Crippen LogP contribution in [0.3, 0.4) is 0 Å². The Morgan fingerprint density at radius 1 is 0.286 bits per heavy atom. The van der Waals surface area contributed by atoms with Crippen LogP contribution in [0.2, 0.25) is 0 Å². The molecule has 70 heavy (non-hydrogen) atoms. The van der Waals surface area contributed by atoms with Crippen LogP contribution in [0.25, 0.3) is 117 Å². The lowest BCUT2D eigenvalue weighted by Crippen LogP contribution is -2.14. The summed E-state index contributed by atoms with van der Waals surface area (Å²) in [5.74, 6) is 1.81. The molecule has 0 unspecified atom stereocenters. The van der Waals surface area contributed by atoms with E-state index >= 15 is 0 Å². The van der Waals surface area contributed by atoms with Crippen molar-refractivity contribution in [1.29, 1.82) is 0 Å². The summed E-state index contributed by atoms with van der Waals surface area (Å²) in [6.45, 7) is 4.72. The lowest BCUT2D eigenvalue weighted by atomic mass is 9.82. The molecule has 13 rings (SSSR count). The van der Waals surface area contributed by atoms with Crippen LogP contribution in [-0.4, -0.2) is 19.5 Å². The molecule has 0 fully saturated rings. The monoisotopic (exact) mass is 894 g/mol. The molecule has 1 aliphatic carbocycles. The highest BCUT2D eigenvalue weighted by atomic mass is 15.0. The minimum atomic E-state index is -0.133. The molecule has 0 N–H and O–H groups in total. The van der Waals surface area contributed by atoms with E-state index in [1.54, 1.807) is 0 Å². The zero-order chi connectivity index (χ0) is 46.8. The van der Waals surface area contributed by atoms with Crippen molar-refractivity contribution in [2.24, 2.45) is 0 Å². The third kappa shape index (κ3) is 6.95. The van der Waals surface area contributed by atoms with Crippen LogP contribution in [0.5, 0.6) is 0 Å². The van der Waals surface area contributed by atoms with Crippen molar-refractivity contribution in [3.05, 3.63) is 254 Å². The van der Waals surface area contributed by atoms with Gasteiger partial charge in [0, 0.05) is 44.0 Å². The first kappa shape index (κ1) is 41.2. The van der Waals surface area contributed by atoms with Crippen LogP contribution in [-0.2, 0) is 5.41 Å². The Labute approximate surface area is 407 Å². The van der Waals surface area contributed by atoms with Crippen LogP contribution in [0.4, 0.5) is 0 Å². The molecule has 0 radical (unpaired) electrons. The Kier molecular flexibility index (Phi) is 9.81. The van der Waals surface area contributed by atoms with E-state index in [2.05, 4.69) is 249 Å². The first-order valence-corrected chi connectivity index (χ1v) is 24.0. The molecular weight excluding hydrogens is 849 g/mol. The van der Waals surface area contributed by atoms with E-state index in [4.69, 9.17) is 15.0 Å². The highest BCUT2D eigenvalue weighted by molar-refractivity contribution is 6.13. The third-order valence-electron chi connectivity index (χ3n) is 14.3. The molecule has 330 valence electrons. The Hall–Kier alpha value is -8.99. The first-order chi connectivity index (χ1) is 34.5. The number of nitrogens with zero attached hydrogens (tertiary/aromatic N) is 4. The zero-order valence-electron chi connectivity index (χ0n) is 38.9. The van der Waals surface area contributed by atoms with Gasteiger partial charge in [-0.05, 0) is 86.0 Å². The van der Waals surface area contributed by atoms with Gasteiger partial charge >= 0.3 is 0 Å². The SMILES string of the molecule is CC1(C)c2ccccc2-c2cc3c(cc21)c1ccccc1n3-c1c(-c2ccccc2)cc(-c2nc(-c3ccc(-c4ccccc4)cc3)nc(-c3ccc(-c4ccccc4)cc3)n2)cc1-c1ccccc1. The molecule has 12 aromatic rings. The van der Waals surface area contributed by atoms with E-state index in [0.29, 0.717) is 17.5 Å². The molecule has 0 atom stereocenters. The zero-order valence-corrected chi connectivity index (χ0v) is 38.9. The highest BCUT2D eigenvalue weighted by Crippen LogP contribution is 2.52. The lowest BCUT2D eigenvalue weighted by Gasteiger charge is -2.22. The Balaban J connectivity index is 1.07. The molecule has 0 saturated carbocycles. The van der Waals surface area contributed by atoms with Gasteiger partial charge in [-0.25, -0.2) is 15.0 Å². The van der Waals surface area contributed by atoms with Crippen molar-refractivity contribution in [2.45, 2.75) is 19.3 Å². The average molecular weight is 895 g/mol. The van der Waals surface area contributed by atoms with Crippen molar-refractivity contribution in [1.82, 2.24) is 19.5 Å². The van der Waals surface area contributed by atoms with E-state index in [0.717, 1.165) is 77.9 Å². The van der Waals surface area contributed by atoms with Gasteiger partial charge in [0.1, 0.15) is 0 Å². The van der Waals surface area contributed by atoms with E-state index in [1.807, 2.05) is 12.1 Å². The van der Waals surface area contributed by atoms with Crippen LogP contribution < -0.4 is 0 Å². The summed E-state index contributed by atoms with van der Waals surface area (Å²) in [6, 6.07) is 86.9. The van der Waals surface area contributed by atoms with E-state index in [-0.39, 0.29) is 5.41 Å². The number of hydrogen-bond donors (Lipinski definition) is 0. The van der Waals surface area contributed by atoms with Crippen molar-refractivity contribution in [2.75, 3.05) is 0 Å². The van der Waals surface area contributed by atoms with Gasteiger partial charge in [-0.1, -0.05) is 226 Å². The van der Waals surface area contributed by atoms with Gasteiger partial charge in [0.2, 0.25) is 0 Å². The molecule has 10 aromatic carbocycles. The number of benzene rings is 10. The average Bonchev–Trinajstić information content (AvgIpc) is 3.87. The molecule has 1 aliphatic rings. The molecule has 0 amide bonds. The molecule has 0 spiro atoms. The van der Waals surface area contributed by atoms with E-state index in [9.17, 15) is 0 Å². The quantitative estimate of drug-likeness (QED) is 0.153.